The normalized spacial score (nSPS) is 22.8. The van der Waals surface area contributed by atoms with Crippen LogP contribution >= 0.6 is 0 Å². The summed E-state index contributed by atoms with van der Waals surface area (Å²) in [6.07, 6.45) is 0. The van der Waals surface area contributed by atoms with E-state index in [-0.39, 0.29) is 11.0 Å². The van der Waals surface area contributed by atoms with Crippen LogP contribution in [-0.4, -0.2) is 29.7 Å². The fraction of sp³-hybridized carbons (Fsp3) is 0.900. The van der Waals surface area contributed by atoms with E-state index in [9.17, 15) is 0 Å². The number of hydrogen-bond donors (Lipinski definition) is 0. The topological polar surface area (TPSA) is 12.2 Å². The van der Waals surface area contributed by atoms with Gasteiger partial charge in [0.1, 0.15) is 7.05 Å². The van der Waals surface area contributed by atoms with Crippen LogP contribution < -0.4 is 0 Å². The molecule has 0 aromatic carbocycles. The largest absolute Gasteiger partial charge is 0.440 e. The summed E-state index contributed by atoms with van der Waals surface area (Å²) in [5, 5.41) is 0. The van der Waals surface area contributed by atoms with E-state index in [4.69, 9.17) is 4.74 Å². The molecule has 70 valence electrons. The van der Waals surface area contributed by atoms with Crippen molar-refractivity contribution in [3.05, 3.63) is 0 Å². The molecule has 0 amide bonds. The first-order valence-electron chi connectivity index (χ1n) is 4.49. The highest BCUT2D eigenvalue weighted by Crippen LogP contribution is 2.25. The molecular weight excluding hydrogens is 150 g/mol. The minimum atomic E-state index is 0.127. The number of nitrogens with zero attached hydrogens (tertiary/aromatic N) is 1. The maximum atomic E-state index is 5.69. The molecule has 0 bridgehead atoms. The van der Waals surface area contributed by atoms with E-state index < -0.39 is 0 Å². The molecule has 0 fully saturated rings. The molecule has 0 spiro atoms. The molecule has 1 aliphatic heterocycles. The van der Waals surface area contributed by atoms with Crippen LogP contribution in [0.25, 0.3) is 0 Å². The van der Waals surface area contributed by atoms with E-state index in [1.165, 1.54) is 0 Å². The minimum absolute atomic E-state index is 0.127. The van der Waals surface area contributed by atoms with Gasteiger partial charge < -0.3 is 4.74 Å². The van der Waals surface area contributed by atoms with Gasteiger partial charge in [-0.1, -0.05) is 0 Å². The van der Waals surface area contributed by atoms with Gasteiger partial charge in [0.15, 0.2) is 12.1 Å². The second-order valence-electron chi connectivity index (χ2n) is 5.22. The van der Waals surface area contributed by atoms with Crippen molar-refractivity contribution in [3.8, 4) is 0 Å². The molecule has 1 rings (SSSR count). The van der Waals surface area contributed by atoms with Gasteiger partial charge in [0.2, 0.25) is 0 Å². The molecule has 1 aliphatic rings. The number of rotatable bonds is 0. The van der Waals surface area contributed by atoms with Crippen molar-refractivity contribution in [2.45, 2.75) is 40.2 Å². The van der Waals surface area contributed by atoms with Gasteiger partial charge in [-0.25, -0.2) is 0 Å². The highest BCUT2D eigenvalue weighted by atomic mass is 16.5. The smallest absolute Gasteiger partial charge is 0.342 e. The second kappa shape index (κ2) is 2.48. The van der Waals surface area contributed by atoms with Gasteiger partial charge in [-0.2, -0.15) is 4.58 Å². The number of ether oxygens (including phenoxy) is 1. The lowest BCUT2D eigenvalue weighted by Crippen LogP contribution is -2.35. The highest BCUT2D eigenvalue weighted by Gasteiger charge is 2.44. The SMILES string of the molecule is C[N+]1=C(C(C)(C)C)OCC1(C)C. The Morgan fingerprint density at radius 2 is 1.83 bits per heavy atom. The monoisotopic (exact) mass is 170 g/mol. The molecule has 0 saturated heterocycles. The molecule has 0 aromatic heterocycles. The predicted molar refractivity (Wildman–Crippen MR) is 50.7 cm³/mol. The fourth-order valence-corrected chi connectivity index (χ4v) is 1.43. The zero-order valence-electron chi connectivity index (χ0n) is 9.06. The first-order valence-corrected chi connectivity index (χ1v) is 4.49. The molecular formula is C10H20NO+. The molecule has 0 radical (unpaired) electrons. The third-order valence-electron chi connectivity index (χ3n) is 2.42. The lowest BCUT2D eigenvalue weighted by atomic mass is 9.96. The van der Waals surface area contributed by atoms with Crippen molar-refractivity contribution in [1.29, 1.82) is 0 Å². The van der Waals surface area contributed by atoms with E-state index in [0.717, 1.165) is 12.5 Å². The number of likely N-dealkylation sites (N-methyl/N-ethyl adjacent to an activating group) is 1. The average Bonchev–Trinajstić information content (AvgIpc) is 2.06. The fourth-order valence-electron chi connectivity index (χ4n) is 1.43. The van der Waals surface area contributed by atoms with Crippen LogP contribution in [0.4, 0.5) is 0 Å². The summed E-state index contributed by atoms with van der Waals surface area (Å²) in [6.45, 7) is 11.7. The van der Waals surface area contributed by atoms with E-state index in [2.05, 4.69) is 46.2 Å². The molecule has 2 nitrogen and oxygen atoms in total. The molecule has 0 aromatic rings. The summed E-state index contributed by atoms with van der Waals surface area (Å²) in [7, 11) is 2.10. The second-order valence-corrected chi connectivity index (χ2v) is 5.22. The van der Waals surface area contributed by atoms with Crippen molar-refractivity contribution in [1.82, 2.24) is 0 Å². The van der Waals surface area contributed by atoms with Crippen LogP contribution in [0, 0.1) is 5.41 Å². The Morgan fingerprint density at radius 1 is 1.33 bits per heavy atom. The summed E-state index contributed by atoms with van der Waals surface area (Å²) < 4.78 is 7.93. The van der Waals surface area contributed by atoms with E-state index in [0.29, 0.717) is 0 Å². The Morgan fingerprint density at radius 3 is 2.00 bits per heavy atom. The summed E-state index contributed by atoms with van der Waals surface area (Å²) in [6, 6.07) is 0. The lowest BCUT2D eigenvalue weighted by Gasteiger charge is -2.14. The van der Waals surface area contributed by atoms with Gasteiger partial charge in [0.25, 0.3) is 0 Å². The molecule has 0 aliphatic carbocycles. The Balaban J connectivity index is 3.01. The average molecular weight is 170 g/mol. The van der Waals surface area contributed by atoms with Gasteiger partial charge in [-0.05, 0) is 20.8 Å². The highest BCUT2D eigenvalue weighted by molar-refractivity contribution is 5.77. The Bertz CT molecular complexity index is 220. The van der Waals surface area contributed by atoms with Crippen molar-refractivity contribution in [3.63, 3.8) is 0 Å². The lowest BCUT2D eigenvalue weighted by molar-refractivity contribution is -0.565. The van der Waals surface area contributed by atoms with Gasteiger partial charge in [-0.3, -0.25) is 0 Å². The minimum Gasteiger partial charge on any atom is -0.440 e. The third kappa shape index (κ3) is 1.47. The quantitative estimate of drug-likeness (QED) is 0.506. The molecule has 1 heterocycles. The zero-order chi connectivity index (χ0) is 9.57. The third-order valence-corrected chi connectivity index (χ3v) is 2.42. The van der Waals surface area contributed by atoms with Crippen LogP contribution in [-0.2, 0) is 4.74 Å². The summed E-state index contributed by atoms with van der Waals surface area (Å²) >= 11 is 0. The Hall–Kier alpha value is -0.530. The molecule has 12 heavy (non-hydrogen) atoms. The Kier molecular flexibility index (Phi) is 1.97. The first kappa shape index (κ1) is 9.56. The van der Waals surface area contributed by atoms with Crippen molar-refractivity contribution in [2.24, 2.45) is 5.41 Å². The van der Waals surface area contributed by atoms with E-state index >= 15 is 0 Å². The maximum Gasteiger partial charge on any atom is 0.342 e. The Labute approximate surface area is 75.2 Å². The van der Waals surface area contributed by atoms with E-state index in [1.54, 1.807) is 0 Å². The summed E-state index contributed by atoms with van der Waals surface area (Å²) in [4.78, 5) is 0. The number of hydrogen-bond acceptors (Lipinski definition) is 1. The predicted octanol–water partition coefficient (Wildman–Crippen LogP) is 1.88. The molecule has 0 N–H and O–H groups in total. The van der Waals surface area contributed by atoms with Crippen LogP contribution in [0.15, 0.2) is 0 Å². The van der Waals surface area contributed by atoms with Gasteiger partial charge in [0.05, 0.1) is 5.41 Å². The van der Waals surface area contributed by atoms with Crippen LogP contribution in [0.5, 0.6) is 0 Å². The summed E-state index contributed by atoms with van der Waals surface area (Å²) in [5.41, 5.74) is 0.283. The molecule has 2 heteroatoms. The van der Waals surface area contributed by atoms with Crippen LogP contribution in [0.1, 0.15) is 34.6 Å². The standard InChI is InChI=1S/C10H20NO/c1-9(2,3)8-11(6)10(4,5)7-12-8/h7H2,1-6H3/q+1. The van der Waals surface area contributed by atoms with Gasteiger partial charge in [-0.15, -0.1) is 0 Å². The van der Waals surface area contributed by atoms with Crippen molar-refractivity contribution < 1.29 is 9.31 Å². The molecule has 0 unspecified atom stereocenters. The van der Waals surface area contributed by atoms with Crippen LogP contribution in [0.2, 0.25) is 0 Å². The van der Waals surface area contributed by atoms with Gasteiger partial charge >= 0.3 is 5.90 Å². The summed E-state index contributed by atoms with van der Waals surface area (Å²) in [5.74, 6) is 1.10. The first-order chi connectivity index (χ1) is 5.25. The maximum absolute atomic E-state index is 5.69. The zero-order valence-corrected chi connectivity index (χ0v) is 9.06. The van der Waals surface area contributed by atoms with Crippen molar-refractivity contribution >= 4 is 5.90 Å². The van der Waals surface area contributed by atoms with Gasteiger partial charge in [0, 0.05) is 13.8 Å². The molecule has 0 saturated carbocycles. The van der Waals surface area contributed by atoms with Crippen LogP contribution in [0.3, 0.4) is 0 Å². The van der Waals surface area contributed by atoms with E-state index in [1.807, 2.05) is 0 Å². The van der Waals surface area contributed by atoms with Crippen molar-refractivity contribution in [2.75, 3.05) is 13.7 Å². The molecule has 0 atom stereocenters.